The molecule has 0 aliphatic carbocycles. The Hall–Kier alpha value is -2.25. The van der Waals surface area contributed by atoms with Gasteiger partial charge in [-0.25, -0.2) is 9.59 Å². The summed E-state index contributed by atoms with van der Waals surface area (Å²) in [6, 6.07) is 12.9. The molecule has 0 aliphatic rings. The van der Waals surface area contributed by atoms with Gasteiger partial charge >= 0.3 is 11.9 Å². The molecule has 7 heteroatoms. The summed E-state index contributed by atoms with van der Waals surface area (Å²) in [5.74, 6) is 0.928. The highest BCUT2D eigenvalue weighted by molar-refractivity contribution is 7.80. The number of rotatable bonds is 20. The molecule has 0 saturated heterocycles. The van der Waals surface area contributed by atoms with Crippen LogP contribution in [-0.2, 0) is 9.47 Å². The Kier molecular flexibility index (Phi) is 16.6. The van der Waals surface area contributed by atoms with Gasteiger partial charge in [0.25, 0.3) is 0 Å². The predicted molar refractivity (Wildman–Crippen MR) is 160 cm³/mol. The minimum absolute atomic E-state index is 0.180. The van der Waals surface area contributed by atoms with Gasteiger partial charge in [0.15, 0.2) is 5.78 Å². The fourth-order valence-corrected chi connectivity index (χ4v) is 4.47. The predicted octanol–water partition coefficient (Wildman–Crippen LogP) is 7.77. The fourth-order valence-electron chi connectivity index (χ4n) is 4.02. The molecule has 0 aliphatic heterocycles. The summed E-state index contributed by atoms with van der Waals surface area (Å²) in [7, 11) is 0. The van der Waals surface area contributed by atoms with E-state index >= 15 is 0 Å². The topological polar surface area (TPSA) is 69.7 Å². The molecule has 2 aromatic rings. The van der Waals surface area contributed by atoms with Crippen molar-refractivity contribution in [2.24, 2.45) is 0 Å². The van der Waals surface area contributed by atoms with Crippen LogP contribution in [-0.4, -0.2) is 42.4 Å². The van der Waals surface area contributed by atoms with Crippen LogP contribution in [0, 0.1) is 0 Å². The largest absolute Gasteiger partial charge is 0.462 e. The highest BCUT2D eigenvalue weighted by atomic mass is 32.1. The van der Waals surface area contributed by atoms with E-state index in [0.717, 1.165) is 62.9 Å². The monoisotopic (exact) mass is 558 g/mol. The van der Waals surface area contributed by atoms with E-state index in [-0.39, 0.29) is 17.7 Å². The standard InChI is InChI=1S/C31H42O5S2/c32-29(25-13-17-27(18-14-25)30(33)35-21-9-5-1-3-7-11-23-37)26-15-19-28(20-16-26)31(34)36-22-10-6-2-4-8-12-24-38/h13-20,37-38H,1-12,21-24H2. The van der Waals surface area contributed by atoms with Gasteiger partial charge < -0.3 is 9.47 Å². The van der Waals surface area contributed by atoms with Crippen LogP contribution in [0.3, 0.4) is 0 Å². The van der Waals surface area contributed by atoms with Crippen LogP contribution in [0.15, 0.2) is 48.5 Å². The van der Waals surface area contributed by atoms with E-state index in [1.165, 1.54) is 25.7 Å². The van der Waals surface area contributed by atoms with Gasteiger partial charge in [-0.05, 0) is 61.5 Å². The number of carbonyl (C=O) groups excluding carboxylic acids is 3. The van der Waals surface area contributed by atoms with E-state index < -0.39 is 0 Å². The van der Waals surface area contributed by atoms with Crippen molar-refractivity contribution < 1.29 is 23.9 Å². The first-order valence-corrected chi connectivity index (χ1v) is 15.1. The normalized spacial score (nSPS) is 10.8. The van der Waals surface area contributed by atoms with E-state index in [4.69, 9.17) is 9.47 Å². The van der Waals surface area contributed by atoms with Gasteiger partial charge in [-0.2, -0.15) is 25.3 Å². The Morgan fingerprint density at radius 1 is 0.447 bits per heavy atom. The third kappa shape index (κ3) is 12.5. The molecular weight excluding hydrogens is 516 g/mol. The third-order valence-electron chi connectivity index (χ3n) is 6.34. The number of hydrogen-bond donors (Lipinski definition) is 2. The van der Waals surface area contributed by atoms with Gasteiger partial charge in [-0.15, -0.1) is 0 Å². The molecule has 5 nitrogen and oxygen atoms in total. The van der Waals surface area contributed by atoms with Crippen molar-refractivity contribution in [2.75, 3.05) is 24.7 Å². The Bertz CT molecular complexity index is 880. The first kappa shape index (κ1) is 32.0. The lowest BCUT2D eigenvalue weighted by Crippen LogP contribution is -2.08. The lowest BCUT2D eigenvalue weighted by Gasteiger charge is -2.07. The summed E-state index contributed by atoms with van der Waals surface area (Å²) >= 11 is 8.42. The van der Waals surface area contributed by atoms with E-state index in [0.29, 0.717) is 35.5 Å². The van der Waals surface area contributed by atoms with Gasteiger partial charge in [-0.1, -0.05) is 75.6 Å². The number of unbranched alkanes of at least 4 members (excludes halogenated alkanes) is 10. The van der Waals surface area contributed by atoms with Crippen molar-refractivity contribution in [3.05, 3.63) is 70.8 Å². The molecule has 0 radical (unpaired) electrons. The number of carbonyl (C=O) groups is 3. The molecule has 0 spiro atoms. The van der Waals surface area contributed by atoms with Gasteiger partial charge in [-0.3, -0.25) is 4.79 Å². The van der Waals surface area contributed by atoms with E-state index in [1.807, 2.05) is 0 Å². The molecule has 38 heavy (non-hydrogen) atoms. The number of esters is 2. The molecule has 2 aromatic carbocycles. The van der Waals surface area contributed by atoms with Gasteiger partial charge in [0.05, 0.1) is 24.3 Å². The smallest absolute Gasteiger partial charge is 0.338 e. The second kappa shape index (κ2) is 19.8. The second-order valence-corrected chi connectivity index (χ2v) is 10.3. The van der Waals surface area contributed by atoms with Crippen molar-refractivity contribution >= 4 is 43.0 Å². The van der Waals surface area contributed by atoms with Crippen molar-refractivity contribution in [1.82, 2.24) is 0 Å². The molecule has 0 fully saturated rings. The fraction of sp³-hybridized carbons (Fsp3) is 0.516. The minimum atomic E-state index is -0.379. The first-order valence-electron chi connectivity index (χ1n) is 13.9. The van der Waals surface area contributed by atoms with Crippen LogP contribution < -0.4 is 0 Å². The SMILES string of the molecule is O=C(OCCCCCCCCS)c1ccc(C(=O)c2ccc(C(=O)OCCCCCCCCS)cc2)cc1. The summed E-state index contributed by atoms with van der Waals surface area (Å²) in [6.45, 7) is 0.801. The molecule has 208 valence electrons. The summed E-state index contributed by atoms with van der Waals surface area (Å²) in [5.41, 5.74) is 1.78. The summed E-state index contributed by atoms with van der Waals surface area (Å²) in [4.78, 5) is 37.4. The minimum Gasteiger partial charge on any atom is -0.462 e. The average molecular weight is 559 g/mol. The van der Waals surface area contributed by atoms with E-state index in [2.05, 4.69) is 25.3 Å². The van der Waals surface area contributed by atoms with Crippen molar-refractivity contribution in [1.29, 1.82) is 0 Å². The molecule has 0 atom stereocenters. The van der Waals surface area contributed by atoms with E-state index in [1.54, 1.807) is 48.5 Å². The van der Waals surface area contributed by atoms with Crippen LogP contribution in [0.25, 0.3) is 0 Å². The third-order valence-corrected chi connectivity index (χ3v) is 6.97. The Balaban J connectivity index is 1.72. The van der Waals surface area contributed by atoms with Crippen LogP contribution in [0.2, 0.25) is 0 Å². The van der Waals surface area contributed by atoms with Gasteiger partial charge in [0.2, 0.25) is 0 Å². The summed E-state index contributed by atoms with van der Waals surface area (Å²) < 4.78 is 10.7. The Morgan fingerprint density at radius 3 is 1.08 bits per heavy atom. The second-order valence-electron chi connectivity index (χ2n) is 9.45. The molecule has 0 N–H and O–H groups in total. The number of benzene rings is 2. The van der Waals surface area contributed by atoms with Crippen molar-refractivity contribution in [3.63, 3.8) is 0 Å². The Labute approximate surface area is 238 Å². The van der Waals surface area contributed by atoms with Gasteiger partial charge in [0, 0.05) is 11.1 Å². The molecule has 0 heterocycles. The number of ether oxygens (including phenoxy) is 2. The molecule has 0 aromatic heterocycles. The lowest BCUT2D eigenvalue weighted by molar-refractivity contribution is 0.0488. The lowest BCUT2D eigenvalue weighted by atomic mass is 10.0. The summed E-state index contributed by atoms with van der Waals surface area (Å²) in [6.07, 6.45) is 13.1. The zero-order chi connectivity index (χ0) is 27.4. The zero-order valence-electron chi connectivity index (χ0n) is 22.4. The number of thiol groups is 2. The first-order chi connectivity index (χ1) is 18.6. The Morgan fingerprint density at radius 2 is 0.737 bits per heavy atom. The molecule has 0 unspecified atom stereocenters. The van der Waals surface area contributed by atoms with Crippen molar-refractivity contribution in [2.45, 2.75) is 77.0 Å². The van der Waals surface area contributed by atoms with Crippen molar-refractivity contribution in [3.8, 4) is 0 Å². The maximum absolute atomic E-state index is 12.8. The summed E-state index contributed by atoms with van der Waals surface area (Å²) in [5, 5.41) is 0. The number of hydrogen-bond acceptors (Lipinski definition) is 7. The number of ketones is 1. The molecular formula is C31H42O5S2. The average Bonchev–Trinajstić information content (AvgIpc) is 2.95. The maximum Gasteiger partial charge on any atom is 0.338 e. The van der Waals surface area contributed by atoms with Crippen LogP contribution in [0.5, 0.6) is 0 Å². The molecule has 0 amide bonds. The maximum atomic E-state index is 12.8. The molecule has 0 saturated carbocycles. The molecule has 2 rings (SSSR count). The highest BCUT2D eigenvalue weighted by Gasteiger charge is 2.13. The molecule has 0 bridgehead atoms. The van der Waals surface area contributed by atoms with Crippen LogP contribution >= 0.6 is 25.3 Å². The van der Waals surface area contributed by atoms with Gasteiger partial charge in [0.1, 0.15) is 0 Å². The highest BCUT2D eigenvalue weighted by Crippen LogP contribution is 2.15. The zero-order valence-corrected chi connectivity index (χ0v) is 24.2. The quantitative estimate of drug-likeness (QED) is 0.0752. The van der Waals surface area contributed by atoms with E-state index in [9.17, 15) is 14.4 Å². The van der Waals surface area contributed by atoms with Crippen LogP contribution in [0.4, 0.5) is 0 Å². The van der Waals surface area contributed by atoms with Crippen LogP contribution in [0.1, 0.15) is 114 Å².